The van der Waals surface area contributed by atoms with Crippen molar-refractivity contribution in [2.24, 2.45) is 0 Å². The van der Waals surface area contributed by atoms with Crippen molar-refractivity contribution in [2.75, 3.05) is 46.9 Å². The van der Waals surface area contributed by atoms with Gasteiger partial charge in [0.2, 0.25) is 0 Å². The summed E-state index contributed by atoms with van der Waals surface area (Å²) in [6, 6.07) is 9.69. The molecule has 0 radical (unpaired) electrons. The molecule has 1 atom stereocenters. The minimum atomic E-state index is -0.0909. The van der Waals surface area contributed by atoms with Gasteiger partial charge in [-0.1, -0.05) is 12.1 Å². The normalized spacial score (nSPS) is 17.2. The number of hydrogen-bond acceptors (Lipinski definition) is 5. The first kappa shape index (κ1) is 17.9. The van der Waals surface area contributed by atoms with Crippen molar-refractivity contribution >= 4 is 17.2 Å². The SMILES string of the molecule is COc1ccccc1C(=O)NC[C@H](c1ccsc1)N1CCN(C)CC1. The Hall–Kier alpha value is -1.89. The molecule has 0 spiro atoms. The Morgan fingerprint density at radius 3 is 2.68 bits per heavy atom. The number of nitrogens with one attached hydrogen (secondary N) is 1. The molecule has 6 heteroatoms. The van der Waals surface area contributed by atoms with Crippen molar-refractivity contribution in [3.63, 3.8) is 0 Å². The van der Waals surface area contributed by atoms with Gasteiger partial charge in [0.05, 0.1) is 18.7 Å². The van der Waals surface area contributed by atoms with E-state index >= 15 is 0 Å². The number of carbonyl (C=O) groups is 1. The third-order valence-electron chi connectivity index (χ3n) is 4.71. The van der Waals surface area contributed by atoms with E-state index in [1.165, 1.54) is 5.56 Å². The second kappa shape index (κ2) is 8.47. The highest BCUT2D eigenvalue weighted by atomic mass is 32.1. The van der Waals surface area contributed by atoms with Crippen LogP contribution >= 0.6 is 11.3 Å². The molecule has 0 aliphatic carbocycles. The first-order valence-electron chi connectivity index (χ1n) is 8.55. The Morgan fingerprint density at radius 2 is 2.00 bits per heavy atom. The molecule has 1 aliphatic rings. The van der Waals surface area contributed by atoms with Gasteiger partial charge in [0.1, 0.15) is 5.75 Å². The number of piperazine rings is 1. The fraction of sp³-hybridized carbons (Fsp3) is 0.421. The molecule has 3 rings (SSSR count). The summed E-state index contributed by atoms with van der Waals surface area (Å²) in [4.78, 5) is 17.4. The van der Waals surface area contributed by atoms with Gasteiger partial charge in [0.25, 0.3) is 5.91 Å². The summed E-state index contributed by atoms with van der Waals surface area (Å²) in [5.74, 6) is 0.512. The van der Waals surface area contributed by atoms with E-state index in [4.69, 9.17) is 4.74 Å². The van der Waals surface area contributed by atoms with Gasteiger partial charge in [0.15, 0.2) is 0 Å². The number of benzene rings is 1. The standard InChI is InChI=1S/C19H25N3O2S/c1-21-8-10-22(11-9-21)17(15-7-12-25-14-15)13-20-19(23)16-5-3-4-6-18(16)24-2/h3-7,12,14,17H,8-11,13H2,1-2H3,(H,20,23)/t17-/m1/s1. The smallest absolute Gasteiger partial charge is 0.255 e. The third-order valence-corrected chi connectivity index (χ3v) is 5.42. The van der Waals surface area contributed by atoms with Gasteiger partial charge in [-0.15, -0.1) is 0 Å². The number of methoxy groups -OCH3 is 1. The number of hydrogen-bond donors (Lipinski definition) is 1. The molecule has 134 valence electrons. The molecule has 1 N–H and O–H groups in total. The summed E-state index contributed by atoms with van der Waals surface area (Å²) in [5, 5.41) is 7.38. The molecule has 1 amide bonds. The second-order valence-electron chi connectivity index (χ2n) is 6.32. The molecule has 1 aromatic carbocycles. The summed E-state index contributed by atoms with van der Waals surface area (Å²) >= 11 is 1.70. The van der Waals surface area contributed by atoms with Crippen LogP contribution in [0.4, 0.5) is 0 Å². The van der Waals surface area contributed by atoms with E-state index in [0.717, 1.165) is 26.2 Å². The molecule has 25 heavy (non-hydrogen) atoms. The molecular formula is C19H25N3O2S. The summed E-state index contributed by atoms with van der Waals surface area (Å²) < 4.78 is 5.30. The van der Waals surface area contributed by atoms with Crippen LogP contribution < -0.4 is 10.1 Å². The van der Waals surface area contributed by atoms with Crippen LogP contribution in [0, 0.1) is 0 Å². The van der Waals surface area contributed by atoms with Crippen LogP contribution in [-0.4, -0.2) is 62.6 Å². The Bertz CT molecular complexity index is 682. The highest BCUT2D eigenvalue weighted by Gasteiger charge is 2.25. The molecule has 2 aromatic rings. The van der Waals surface area contributed by atoms with Crippen molar-refractivity contribution in [1.82, 2.24) is 15.1 Å². The van der Waals surface area contributed by atoms with Gasteiger partial charge in [0, 0.05) is 32.7 Å². The van der Waals surface area contributed by atoms with Gasteiger partial charge < -0.3 is 15.0 Å². The molecule has 1 saturated heterocycles. The molecule has 1 aliphatic heterocycles. The maximum absolute atomic E-state index is 12.6. The van der Waals surface area contributed by atoms with Crippen LogP contribution in [0.15, 0.2) is 41.1 Å². The maximum atomic E-state index is 12.6. The summed E-state index contributed by atoms with van der Waals surface area (Å²) in [5.41, 5.74) is 1.85. The van der Waals surface area contributed by atoms with Crippen LogP contribution in [-0.2, 0) is 0 Å². The van der Waals surface area contributed by atoms with Crippen LogP contribution in [0.1, 0.15) is 22.0 Å². The number of likely N-dealkylation sites (N-methyl/N-ethyl adjacent to an activating group) is 1. The van der Waals surface area contributed by atoms with E-state index in [1.807, 2.05) is 18.2 Å². The van der Waals surface area contributed by atoms with Crippen LogP contribution in [0.2, 0.25) is 0 Å². The minimum Gasteiger partial charge on any atom is -0.496 e. The lowest BCUT2D eigenvalue weighted by atomic mass is 10.1. The number of para-hydroxylation sites is 1. The zero-order valence-electron chi connectivity index (χ0n) is 14.8. The van der Waals surface area contributed by atoms with E-state index in [-0.39, 0.29) is 11.9 Å². The quantitative estimate of drug-likeness (QED) is 0.861. The van der Waals surface area contributed by atoms with Crippen molar-refractivity contribution in [3.8, 4) is 5.75 Å². The average molecular weight is 359 g/mol. The summed E-state index contributed by atoms with van der Waals surface area (Å²) in [6.45, 7) is 4.74. The fourth-order valence-corrected chi connectivity index (χ4v) is 3.88. The van der Waals surface area contributed by atoms with Crippen LogP contribution in [0.5, 0.6) is 5.75 Å². The molecule has 5 nitrogen and oxygen atoms in total. The van der Waals surface area contributed by atoms with Crippen LogP contribution in [0.25, 0.3) is 0 Å². The number of rotatable bonds is 6. The van der Waals surface area contributed by atoms with Gasteiger partial charge in [-0.25, -0.2) is 0 Å². The molecule has 2 heterocycles. The lowest BCUT2D eigenvalue weighted by molar-refractivity contribution is 0.0884. The van der Waals surface area contributed by atoms with Crippen molar-refractivity contribution in [2.45, 2.75) is 6.04 Å². The average Bonchev–Trinajstić information content (AvgIpc) is 3.17. The van der Waals surface area contributed by atoms with E-state index in [2.05, 4.69) is 39.0 Å². The third kappa shape index (κ3) is 4.39. The highest BCUT2D eigenvalue weighted by molar-refractivity contribution is 7.07. The largest absolute Gasteiger partial charge is 0.496 e. The van der Waals surface area contributed by atoms with E-state index in [1.54, 1.807) is 24.5 Å². The number of amides is 1. The fourth-order valence-electron chi connectivity index (χ4n) is 3.17. The van der Waals surface area contributed by atoms with Crippen molar-refractivity contribution in [3.05, 3.63) is 52.2 Å². The lowest BCUT2D eigenvalue weighted by Gasteiger charge is -2.38. The van der Waals surface area contributed by atoms with E-state index < -0.39 is 0 Å². The van der Waals surface area contributed by atoms with Crippen molar-refractivity contribution < 1.29 is 9.53 Å². The van der Waals surface area contributed by atoms with Gasteiger partial charge in [-0.3, -0.25) is 9.69 Å². The number of nitrogens with zero attached hydrogens (tertiary/aromatic N) is 2. The lowest BCUT2D eigenvalue weighted by Crippen LogP contribution is -2.48. The minimum absolute atomic E-state index is 0.0909. The Kier molecular flexibility index (Phi) is 6.07. The molecule has 1 aromatic heterocycles. The number of ether oxygens (including phenoxy) is 1. The van der Waals surface area contributed by atoms with Gasteiger partial charge >= 0.3 is 0 Å². The summed E-state index contributed by atoms with van der Waals surface area (Å²) in [7, 11) is 3.74. The molecule has 1 fully saturated rings. The Balaban J connectivity index is 1.69. The molecular weight excluding hydrogens is 334 g/mol. The molecule has 0 bridgehead atoms. The monoisotopic (exact) mass is 359 g/mol. The van der Waals surface area contributed by atoms with Gasteiger partial charge in [-0.05, 0) is 41.6 Å². The first-order valence-corrected chi connectivity index (χ1v) is 9.49. The second-order valence-corrected chi connectivity index (χ2v) is 7.10. The zero-order valence-corrected chi connectivity index (χ0v) is 15.6. The van der Waals surface area contributed by atoms with Gasteiger partial charge in [-0.2, -0.15) is 11.3 Å². The van der Waals surface area contributed by atoms with E-state index in [0.29, 0.717) is 17.9 Å². The first-order chi connectivity index (χ1) is 12.2. The van der Waals surface area contributed by atoms with E-state index in [9.17, 15) is 4.79 Å². The molecule has 0 saturated carbocycles. The van der Waals surface area contributed by atoms with Crippen molar-refractivity contribution in [1.29, 1.82) is 0 Å². The molecule has 0 unspecified atom stereocenters. The topological polar surface area (TPSA) is 44.8 Å². The Morgan fingerprint density at radius 1 is 1.24 bits per heavy atom. The van der Waals surface area contributed by atoms with Crippen LogP contribution in [0.3, 0.4) is 0 Å². The predicted molar refractivity (Wildman–Crippen MR) is 101 cm³/mol. The maximum Gasteiger partial charge on any atom is 0.255 e. The highest BCUT2D eigenvalue weighted by Crippen LogP contribution is 2.24. The number of thiophene rings is 1. The predicted octanol–water partition coefficient (Wildman–Crippen LogP) is 2.48. The number of carbonyl (C=O) groups excluding carboxylic acids is 1. The summed E-state index contributed by atoms with van der Waals surface area (Å²) in [6.07, 6.45) is 0. The Labute approximate surface area is 153 Å². The zero-order chi connectivity index (χ0) is 17.6.